The molecule has 0 saturated carbocycles. The normalized spacial score (nSPS) is 10.5. The van der Waals surface area contributed by atoms with Crippen molar-refractivity contribution in [1.29, 1.82) is 0 Å². The van der Waals surface area contributed by atoms with Crippen LogP contribution in [0.25, 0.3) is 6.08 Å². The van der Waals surface area contributed by atoms with Gasteiger partial charge in [-0.1, -0.05) is 29.8 Å². The van der Waals surface area contributed by atoms with Crippen molar-refractivity contribution in [2.75, 3.05) is 12.4 Å². The SMILES string of the molecule is COc1ccc(NC(=O)C=Cc2ccc(C)cc2)c([N+](=O)[O-])c1. The van der Waals surface area contributed by atoms with Crippen LogP contribution < -0.4 is 10.1 Å². The molecule has 0 spiro atoms. The van der Waals surface area contributed by atoms with Crippen molar-refractivity contribution < 1.29 is 14.5 Å². The van der Waals surface area contributed by atoms with Crippen LogP contribution in [0.2, 0.25) is 0 Å². The predicted molar refractivity (Wildman–Crippen MR) is 88.5 cm³/mol. The van der Waals surface area contributed by atoms with Gasteiger partial charge in [-0.05, 0) is 30.7 Å². The van der Waals surface area contributed by atoms with E-state index < -0.39 is 10.8 Å². The molecule has 0 unspecified atom stereocenters. The van der Waals surface area contributed by atoms with Crippen molar-refractivity contribution in [2.24, 2.45) is 0 Å². The van der Waals surface area contributed by atoms with E-state index in [0.29, 0.717) is 5.75 Å². The second kappa shape index (κ2) is 7.22. The van der Waals surface area contributed by atoms with Gasteiger partial charge < -0.3 is 10.1 Å². The number of methoxy groups -OCH3 is 1. The van der Waals surface area contributed by atoms with E-state index in [1.165, 1.54) is 25.3 Å². The molecule has 2 aromatic rings. The Morgan fingerprint density at radius 1 is 1.22 bits per heavy atom. The van der Waals surface area contributed by atoms with Crippen molar-refractivity contribution >= 4 is 23.4 Å². The van der Waals surface area contributed by atoms with Crippen molar-refractivity contribution in [1.82, 2.24) is 0 Å². The number of nitrogens with one attached hydrogen (secondary N) is 1. The fourth-order valence-electron chi connectivity index (χ4n) is 1.92. The van der Waals surface area contributed by atoms with Crippen molar-refractivity contribution in [2.45, 2.75) is 6.92 Å². The summed E-state index contributed by atoms with van der Waals surface area (Å²) in [6, 6.07) is 11.9. The lowest BCUT2D eigenvalue weighted by atomic mass is 10.1. The second-order valence-electron chi connectivity index (χ2n) is 4.87. The Morgan fingerprint density at radius 3 is 2.52 bits per heavy atom. The van der Waals surface area contributed by atoms with Crippen LogP contribution >= 0.6 is 0 Å². The Hall–Kier alpha value is -3.15. The number of hydrogen-bond donors (Lipinski definition) is 1. The molecular weight excluding hydrogens is 296 g/mol. The van der Waals surface area contributed by atoms with E-state index in [9.17, 15) is 14.9 Å². The fourth-order valence-corrected chi connectivity index (χ4v) is 1.92. The molecule has 118 valence electrons. The highest BCUT2D eigenvalue weighted by molar-refractivity contribution is 6.03. The van der Waals surface area contributed by atoms with Gasteiger partial charge in [0.2, 0.25) is 5.91 Å². The molecule has 0 fully saturated rings. The van der Waals surface area contributed by atoms with E-state index >= 15 is 0 Å². The van der Waals surface area contributed by atoms with E-state index in [1.54, 1.807) is 12.1 Å². The van der Waals surface area contributed by atoms with E-state index in [-0.39, 0.29) is 11.4 Å². The number of carbonyl (C=O) groups excluding carboxylic acids is 1. The number of anilines is 1. The number of ether oxygens (including phenoxy) is 1. The molecule has 2 rings (SSSR count). The molecule has 6 nitrogen and oxygen atoms in total. The number of amides is 1. The number of nitro groups is 1. The first-order valence-electron chi connectivity index (χ1n) is 6.88. The van der Waals surface area contributed by atoms with E-state index in [0.717, 1.165) is 11.1 Å². The average Bonchev–Trinajstić information content (AvgIpc) is 2.54. The smallest absolute Gasteiger partial charge is 0.296 e. The first-order chi connectivity index (χ1) is 11.0. The first kappa shape index (κ1) is 16.2. The highest BCUT2D eigenvalue weighted by atomic mass is 16.6. The van der Waals surface area contributed by atoms with Crippen LogP contribution in [-0.2, 0) is 4.79 Å². The summed E-state index contributed by atoms with van der Waals surface area (Å²) in [6.07, 6.45) is 2.97. The van der Waals surface area contributed by atoms with Crippen molar-refractivity contribution in [3.63, 3.8) is 0 Å². The summed E-state index contributed by atoms with van der Waals surface area (Å²) in [7, 11) is 1.42. The van der Waals surface area contributed by atoms with E-state index in [2.05, 4.69) is 5.32 Å². The van der Waals surface area contributed by atoms with Gasteiger partial charge in [-0.15, -0.1) is 0 Å². The highest BCUT2D eigenvalue weighted by Gasteiger charge is 2.16. The summed E-state index contributed by atoms with van der Waals surface area (Å²) in [6.45, 7) is 1.98. The zero-order valence-electron chi connectivity index (χ0n) is 12.8. The lowest BCUT2D eigenvalue weighted by molar-refractivity contribution is -0.384. The van der Waals surface area contributed by atoms with Gasteiger partial charge >= 0.3 is 0 Å². The summed E-state index contributed by atoms with van der Waals surface area (Å²) in [5.74, 6) is -0.0938. The van der Waals surface area contributed by atoms with Crippen molar-refractivity contribution in [3.8, 4) is 5.75 Å². The Balaban J connectivity index is 2.13. The molecule has 0 aliphatic carbocycles. The molecular formula is C17H16N2O4. The minimum atomic E-state index is -0.568. The van der Waals surface area contributed by atoms with Gasteiger partial charge in [0.25, 0.3) is 5.69 Å². The molecule has 1 N–H and O–H groups in total. The summed E-state index contributed by atoms with van der Waals surface area (Å²) >= 11 is 0. The maximum atomic E-state index is 11.9. The third-order valence-corrected chi connectivity index (χ3v) is 3.16. The van der Waals surface area contributed by atoms with Gasteiger partial charge in [0.15, 0.2) is 0 Å². The summed E-state index contributed by atoms with van der Waals surface area (Å²) in [4.78, 5) is 22.4. The molecule has 0 aromatic heterocycles. The topological polar surface area (TPSA) is 81.5 Å². The van der Waals surface area contributed by atoms with Gasteiger partial charge in [0, 0.05) is 6.08 Å². The molecule has 0 saturated heterocycles. The maximum Gasteiger partial charge on any atom is 0.296 e. The monoisotopic (exact) mass is 312 g/mol. The molecule has 23 heavy (non-hydrogen) atoms. The molecule has 0 atom stereocenters. The van der Waals surface area contributed by atoms with E-state index in [4.69, 9.17) is 4.74 Å². The number of aryl methyl sites for hydroxylation is 1. The Morgan fingerprint density at radius 2 is 1.91 bits per heavy atom. The van der Waals surface area contributed by atoms with Crippen LogP contribution in [0.5, 0.6) is 5.75 Å². The lowest BCUT2D eigenvalue weighted by Crippen LogP contribution is -2.09. The van der Waals surface area contributed by atoms with Crippen LogP contribution in [0.15, 0.2) is 48.5 Å². The number of carbonyl (C=O) groups is 1. The maximum absolute atomic E-state index is 11.9. The number of nitrogens with zero attached hydrogens (tertiary/aromatic N) is 1. The van der Waals surface area contributed by atoms with Gasteiger partial charge in [-0.25, -0.2) is 0 Å². The first-order valence-corrected chi connectivity index (χ1v) is 6.88. The number of rotatable bonds is 5. The summed E-state index contributed by atoms with van der Waals surface area (Å²) in [5.41, 5.74) is 1.89. The van der Waals surface area contributed by atoms with Gasteiger partial charge in [-0.3, -0.25) is 14.9 Å². The number of nitro benzene ring substituents is 1. The van der Waals surface area contributed by atoms with Crippen LogP contribution in [0.3, 0.4) is 0 Å². The zero-order valence-corrected chi connectivity index (χ0v) is 12.8. The van der Waals surface area contributed by atoms with Crippen molar-refractivity contribution in [3.05, 3.63) is 69.8 Å². The van der Waals surface area contributed by atoms with Gasteiger partial charge in [0.05, 0.1) is 18.1 Å². The third-order valence-electron chi connectivity index (χ3n) is 3.16. The molecule has 1 amide bonds. The summed E-state index contributed by atoms with van der Waals surface area (Å²) < 4.78 is 4.95. The fraction of sp³-hybridized carbons (Fsp3) is 0.118. The summed E-state index contributed by atoms with van der Waals surface area (Å²) in [5, 5.41) is 13.6. The lowest BCUT2D eigenvalue weighted by Gasteiger charge is -2.05. The number of hydrogen-bond acceptors (Lipinski definition) is 4. The highest BCUT2D eigenvalue weighted by Crippen LogP contribution is 2.28. The largest absolute Gasteiger partial charge is 0.496 e. The second-order valence-corrected chi connectivity index (χ2v) is 4.87. The molecule has 2 aromatic carbocycles. The zero-order chi connectivity index (χ0) is 16.8. The van der Waals surface area contributed by atoms with E-state index in [1.807, 2.05) is 31.2 Å². The van der Waals surface area contributed by atoms with Crippen LogP contribution in [0.1, 0.15) is 11.1 Å². The minimum Gasteiger partial charge on any atom is -0.496 e. The third kappa shape index (κ3) is 4.41. The van der Waals surface area contributed by atoms with Gasteiger partial charge in [-0.2, -0.15) is 0 Å². The van der Waals surface area contributed by atoms with Crippen LogP contribution in [0.4, 0.5) is 11.4 Å². The standard InChI is InChI=1S/C17H16N2O4/c1-12-3-5-13(6-4-12)7-10-17(20)18-15-9-8-14(23-2)11-16(15)19(21)22/h3-11H,1-2H3,(H,18,20). The molecule has 0 bridgehead atoms. The molecule has 0 radical (unpaired) electrons. The molecule has 0 heterocycles. The Labute approximate surface area is 133 Å². The molecule has 0 aliphatic heterocycles. The van der Waals surface area contributed by atoms with Crippen LogP contribution in [-0.4, -0.2) is 17.9 Å². The number of benzene rings is 2. The molecule has 6 heteroatoms. The average molecular weight is 312 g/mol. The quantitative estimate of drug-likeness (QED) is 0.520. The minimum absolute atomic E-state index is 0.120. The predicted octanol–water partition coefficient (Wildman–Crippen LogP) is 3.56. The Kier molecular flexibility index (Phi) is 5.09. The molecule has 0 aliphatic rings. The van der Waals surface area contributed by atoms with Gasteiger partial charge in [0.1, 0.15) is 11.4 Å². The van der Waals surface area contributed by atoms with Crippen LogP contribution in [0, 0.1) is 17.0 Å². The Bertz CT molecular complexity index is 752.